The molecule has 1 fully saturated rings. The molecule has 0 unspecified atom stereocenters. The molecule has 0 bridgehead atoms. The zero-order valence-electron chi connectivity index (χ0n) is 13.8. The van der Waals surface area contributed by atoms with Gasteiger partial charge in [0.25, 0.3) is 0 Å². The first kappa shape index (κ1) is 19.5. The molecule has 3 rings (SSSR count). The molecule has 1 saturated heterocycles. The third-order valence-electron chi connectivity index (χ3n) is 4.19. The fourth-order valence-corrected chi connectivity index (χ4v) is 4.62. The minimum atomic E-state index is -0.735. The second-order valence-corrected chi connectivity index (χ2v) is 8.22. The van der Waals surface area contributed by atoms with Gasteiger partial charge in [-0.1, -0.05) is 0 Å². The van der Waals surface area contributed by atoms with Gasteiger partial charge in [-0.3, -0.25) is 9.80 Å². The van der Waals surface area contributed by atoms with E-state index in [9.17, 15) is 4.39 Å². The van der Waals surface area contributed by atoms with Gasteiger partial charge in [0.1, 0.15) is 6.17 Å². The number of alkyl halides is 1. The maximum atomic E-state index is 13.9. The number of nitrogen functional groups attached to an aromatic ring is 1. The number of hydrogen-bond acceptors (Lipinski definition) is 7. The molecule has 1 aliphatic heterocycles. The van der Waals surface area contributed by atoms with E-state index in [2.05, 4.69) is 26.8 Å². The Labute approximate surface area is 156 Å². The lowest BCUT2D eigenvalue weighted by atomic mass is 10.2. The number of anilines is 1. The third-order valence-corrected chi connectivity index (χ3v) is 5.92. The second-order valence-electron chi connectivity index (χ2n) is 6.14. The summed E-state index contributed by atoms with van der Waals surface area (Å²) < 4.78 is 13.9. The number of halogens is 2. The van der Waals surface area contributed by atoms with Crippen molar-refractivity contribution in [2.75, 3.05) is 25.9 Å². The van der Waals surface area contributed by atoms with Crippen molar-refractivity contribution >= 4 is 40.2 Å². The van der Waals surface area contributed by atoms with Gasteiger partial charge in [-0.15, -0.1) is 35.1 Å². The molecule has 5 nitrogen and oxygen atoms in total. The minimum Gasteiger partial charge on any atom is -0.375 e. The monoisotopic (exact) mass is 391 g/mol. The van der Waals surface area contributed by atoms with Gasteiger partial charge in [-0.2, -0.15) is 0 Å². The predicted octanol–water partition coefficient (Wildman–Crippen LogP) is 2.96. The lowest BCUT2D eigenvalue weighted by Crippen LogP contribution is -2.38. The molecule has 0 radical (unpaired) electrons. The number of thiazole rings is 2. The molecule has 2 aromatic rings. The van der Waals surface area contributed by atoms with Crippen LogP contribution in [0.1, 0.15) is 21.9 Å². The van der Waals surface area contributed by atoms with Gasteiger partial charge in [-0.25, -0.2) is 14.4 Å². The Morgan fingerprint density at radius 2 is 2.25 bits per heavy atom. The quantitative estimate of drug-likeness (QED) is 0.820. The molecule has 2 aromatic heterocycles. The van der Waals surface area contributed by atoms with Crippen LogP contribution in [-0.2, 0) is 13.1 Å². The van der Waals surface area contributed by atoms with Crippen LogP contribution in [0.15, 0.2) is 11.7 Å². The zero-order valence-corrected chi connectivity index (χ0v) is 16.3. The molecular formula is C15H23ClFN5S2. The van der Waals surface area contributed by atoms with Crippen LogP contribution >= 0.6 is 35.1 Å². The van der Waals surface area contributed by atoms with E-state index < -0.39 is 6.17 Å². The van der Waals surface area contributed by atoms with E-state index in [-0.39, 0.29) is 18.4 Å². The Morgan fingerprint density at radius 3 is 2.88 bits per heavy atom. The standard InChI is InChI=1S/C15H22FN5S2.ClH/c1-10-14(22-9-19-10)8-21-5-11(16)3-12(21)6-20(2)7-13-4-18-15(17)23-13;/h4,9,11-12H,3,5-8H2,1-2H3,(H2,17,18);1H/t11-,12-;/m0./s1. The van der Waals surface area contributed by atoms with E-state index >= 15 is 0 Å². The fourth-order valence-electron chi connectivity index (χ4n) is 3.05. The number of nitrogens with two attached hydrogens (primary N) is 1. The number of likely N-dealkylation sites (N-methyl/N-ethyl adjacent to an activating group) is 1. The van der Waals surface area contributed by atoms with Gasteiger partial charge in [0.15, 0.2) is 5.13 Å². The Hall–Kier alpha value is -0.800. The Bertz CT molecular complexity index is 649. The van der Waals surface area contributed by atoms with Crippen LogP contribution in [0.5, 0.6) is 0 Å². The molecule has 0 aromatic carbocycles. The van der Waals surface area contributed by atoms with Crippen molar-refractivity contribution in [1.82, 2.24) is 19.8 Å². The summed E-state index contributed by atoms with van der Waals surface area (Å²) in [5.41, 5.74) is 8.60. The van der Waals surface area contributed by atoms with Crippen molar-refractivity contribution in [1.29, 1.82) is 0 Å². The average Bonchev–Trinajstić information content (AvgIpc) is 3.15. The highest BCUT2D eigenvalue weighted by atomic mass is 35.5. The van der Waals surface area contributed by atoms with Gasteiger partial charge in [-0.05, 0) is 20.4 Å². The lowest BCUT2D eigenvalue weighted by molar-refractivity contribution is 0.182. The molecule has 1 aliphatic rings. The van der Waals surface area contributed by atoms with E-state index in [0.717, 1.165) is 30.2 Å². The van der Waals surface area contributed by atoms with Crippen LogP contribution in [0.3, 0.4) is 0 Å². The van der Waals surface area contributed by atoms with Gasteiger partial charge in [0.2, 0.25) is 0 Å². The molecule has 134 valence electrons. The SMILES string of the molecule is Cc1ncsc1CN1C[C@@H](F)C[C@H]1CN(C)Cc1cnc(N)s1.Cl. The number of hydrogen-bond donors (Lipinski definition) is 1. The van der Waals surface area contributed by atoms with Crippen molar-refractivity contribution < 1.29 is 4.39 Å². The topological polar surface area (TPSA) is 58.3 Å². The summed E-state index contributed by atoms with van der Waals surface area (Å²) >= 11 is 3.17. The second kappa shape index (κ2) is 8.53. The summed E-state index contributed by atoms with van der Waals surface area (Å²) in [4.78, 5) is 15.2. The molecule has 0 aliphatic carbocycles. The Morgan fingerprint density at radius 1 is 1.46 bits per heavy atom. The molecule has 2 N–H and O–H groups in total. The molecule has 9 heteroatoms. The Kier molecular flexibility index (Phi) is 6.94. The van der Waals surface area contributed by atoms with E-state index in [0.29, 0.717) is 18.1 Å². The number of aromatic nitrogens is 2. The molecule has 0 saturated carbocycles. The van der Waals surface area contributed by atoms with Crippen molar-refractivity contribution in [2.24, 2.45) is 0 Å². The summed E-state index contributed by atoms with van der Waals surface area (Å²) in [6.07, 6.45) is 1.69. The maximum absolute atomic E-state index is 13.9. The van der Waals surface area contributed by atoms with Crippen LogP contribution in [0.25, 0.3) is 0 Å². The van der Waals surface area contributed by atoms with E-state index in [4.69, 9.17) is 5.73 Å². The number of likely N-dealkylation sites (tertiary alicyclic amines) is 1. The van der Waals surface area contributed by atoms with Gasteiger partial charge >= 0.3 is 0 Å². The smallest absolute Gasteiger partial charge is 0.180 e. The Balaban J connectivity index is 0.00000208. The van der Waals surface area contributed by atoms with Crippen molar-refractivity contribution in [2.45, 2.75) is 38.6 Å². The van der Waals surface area contributed by atoms with Crippen LogP contribution in [0.2, 0.25) is 0 Å². The first-order valence-electron chi connectivity index (χ1n) is 7.67. The van der Waals surface area contributed by atoms with E-state index in [1.54, 1.807) is 11.3 Å². The molecule has 0 spiro atoms. The number of nitrogens with zero attached hydrogens (tertiary/aromatic N) is 4. The normalized spacial score (nSPS) is 21.3. The maximum Gasteiger partial charge on any atom is 0.180 e. The van der Waals surface area contributed by atoms with E-state index in [1.807, 2.05) is 18.6 Å². The summed E-state index contributed by atoms with van der Waals surface area (Å²) in [5.74, 6) is 0. The van der Waals surface area contributed by atoms with Gasteiger partial charge in [0.05, 0.1) is 11.2 Å². The summed E-state index contributed by atoms with van der Waals surface area (Å²) in [5, 5.41) is 0.598. The molecule has 24 heavy (non-hydrogen) atoms. The van der Waals surface area contributed by atoms with Crippen LogP contribution in [-0.4, -0.2) is 52.1 Å². The summed E-state index contributed by atoms with van der Waals surface area (Å²) in [6, 6.07) is 0.238. The first-order valence-corrected chi connectivity index (χ1v) is 9.36. The van der Waals surface area contributed by atoms with Crippen LogP contribution < -0.4 is 5.73 Å². The third kappa shape index (κ3) is 4.86. The van der Waals surface area contributed by atoms with Crippen LogP contribution in [0, 0.1) is 6.92 Å². The highest BCUT2D eigenvalue weighted by Crippen LogP contribution is 2.26. The first-order chi connectivity index (χ1) is 11.0. The van der Waals surface area contributed by atoms with Crippen molar-refractivity contribution in [3.05, 3.63) is 27.2 Å². The number of rotatable bonds is 6. The fraction of sp³-hybridized carbons (Fsp3) is 0.600. The molecular weight excluding hydrogens is 369 g/mol. The predicted molar refractivity (Wildman–Crippen MR) is 101 cm³/mol. The van der Waals surface area contributed by atoms with Crippen LogP contribution in [0.4, 0.5) is 9.52 Å². The summed E-state index contributed by atoms with van der Waals surface area (Å²) in [7, 11) is 2.07. The summed E-state index contributed by atoms with van der Waals surface area (Å²) in [6.45, 7) is 4.97. The zero-order chi connectivity index (χ0) is 16.4. The molecule has 0 amide bonds. The molecule has 2 atom stereocenters. The minimum absolute atomic E-state index is 0. The number of aryl methyl sites for hydroxylation is 1. The van der Waals surface area contributed by atoms with Crippen molar-refractivity contribution in [3.63, 3.8) is 0 Å². The average molecular weight is 392 g/mol. The van der Waals surface area contributed by atoms with E-state index in [1.165, 1.54) is 16.2 Å². The molecule has 3 heterocycles. The largest absolute Gasteiger partial charge is 0.375 e. The van der Waals surface area contributed by atoms with Crippen molar-refractivity contribution in [3.8, 4) is 0 Å². The highest BCUT2D eigenvalue weighted by Gasteiger charge is 2.33. The van der Waals surface area contributed by atoms with Gasteiger partial charge < -0.3 is 5.73 Å². The highest BCUT2D eigenvalue weighted by molar-refractivity contribution is 7.15. The lowest BCUT2D eigenvalue weighted by Gasteiger charge is -2.27. The van der Waals surface area contributed by atoms with Gasteiger partial charge in [0, 0.05) is 48.2 Å².